The number of rotatable bonds is 2. The quantitative estimate of drug-likeness (QED) is 0.618. The fourth-order valence-electron chi connectivity index (χ4n) is 1.09. The predicted octanol–water partition coefficient (Wildman–Crippen LogP) is 1.96. The minimum atomic E-state index is -0.448. The Morgan fingerprint density at radius 3 is 2.60 bits per heavy atom. The van der Waals surface area contributed by atoms with Crippen molar-refractivity contribution < 1.29 is 14.3 Å². The molecule has 15 heavy (non-hydrogen) atoms. The average Bonchev–Trinajstić information content (AvgIpc) is 2.26. The molecule has 0 unspecified atom stereocenters. The average molecular weight is 317 g/mol. The lowest BCUT2D eigenvalue weighted by Crippen LogP contribution is -2.03. The molecule has 1 aromatic carbocycles. The molecule has 0 heterocycles. The van der Waals surface area contributed by atoms with Gasteiger partial charge in [0.05, 0.1) is 19.8 Å². The van der Waals surface area contributed by atoms with Crippen LogP contribution in [0.5, 0.6) is 5.75 Å². The van der Waals surface area contributed by atoms with E-state index < -0.39 is 5.97 Å². The molecule has 0 atom stereocenters. The molecule has 0 radical (unpaired) electrons. The summed E-state index contributed by atoms with van der Waals surface area (Å²) in [6.45, 7) is 0. The third kappa shape index (κ3) is 2.39. The smallest absolute Gasteiger partial charge is 0.338 e. The summed E-state index contributed by atoms with van der Waals surface area (Å²) in [4.78, 5) is 11.3. The maximum Gasteiger partial charge on any atom is 0.338 e. The number of carbonyl (C=O) groups excluding carboxylic acids is 1. The van der Waals surface area contributed by atoms with E-state index in [-0.39, 0.29) is 0 Å². The van der Waals surface area contributed by atoms with Crippen molar-refractivity contribution in [3.05, 3.63) is 26.8 Å². The summed E-state index contributed by atoms with van der Waals surface area (Å²) in [5.74, 6) is -0.0690. The van der Waals surface area contributed by atoms with Gasteiger partial charge in [-0.3, -0.25) is 0 Å². The van der Waals surface area contributed by atoms with E-state index in [1.807, 2.05) is 28.7 Å². The van der Waals surface area contributed by atoms with E-state index in [1.165, 1.54) is 20.3 Å². The van der Waals surface area contributed by atoms with Crippen molar-refractivity contribution in [3.63, 3.8) is 0 Å². The first kappa shape index (κ1) is 11.8. The van der Waals surface area contributed by atoms with Crippen LogP contribution in [0.4, 0.5) is 0 Å². The van der Waals surface area contributed by atoms with Gasteiger partial charge in [-0.05, 0) is 34.7 Å². The second-order valence-electron chi connectivity index (χ2n) is 2.64. The Bertz CT molecular complexity index is 437. The molecular weight excluding hydrogens is 309 g/mol. The molecule has 0 N–H and O–H groups in total. The first-order chi connectivity index (χ1) is 7.13. The minimum absolute atomic E-state index is 0.373. The van der Waals surface area contributed by atoms with E-state index in [9.17, 15) is 4.79 Å². The highest BCUT2D eigenvalue weighted by Gasteiger charge is 2.13. The molecule has 0 aliphatic heterocycles. The number of carbonyl (C=O) groups is 1. The molecule has 0 aliphatic carbocycles. The summed E-state index contributed by atoms with van der Waals surface area (Å²) in [5, 5.41) is 8.87. The van der Waals surface area contributed by atoms with Gasteiger partial charge in [0, 0.05) is 3.57 Å². The molecule has 0 bridgehead atoms. The third-order valence-electron chi connectivity index (χ3n) is 1.81. The highest BCUT2D eigenvalue weighted by molar-refractivity contribution is 14.1. The van der Waals surface area contributed by atoms with Crippen LogP contribution in [-0.2, 0) is 4.74 Å². The van der Waals surface area contributed by atoms with Gasteiger partial charge in [-0.25, -0.2) is 4.79 Å². The Kier molecular flexibility index (Phi) is 3.91. The van der Waals surface area contributed by atoms with Crippen LogP contribution in [0.2, 0.25) is 0 Å². The predicted molar refractivity (Wildman–Crippen MR) is 61.8 cm³/mol. The zero-order valence-corrected chi connectivity index (χ0v) is 10.4. The van der Waals surface area contributed by atoms with Gasteiger partial charge in [0.25, 0.3) is 0 Å². The highest BCUT2D eigenvalue weighted by atomic mass is 127. The second kappa shape index (κ2) is 4.98. The standard InChI is InChI=1S/C10H8INO3/c1-14-9-4-6(10(13)15-2)3-8(11)7(9)5-12/h3-4H,1-2H3. The van der Waals surface area contributed by atoms with Crippen molar-refractivity contribution in [1.82, 2.24) is 0 Å². The number of hydrogen-bond donors (Lipinski definition) is 0. The van der Waals surface area contributed by atoms with Crippen molar-refractivity contribution in [2.24, 2.45) is 0 Å². The fraction of sp³-hybridized carbons (Fsp3) is 0.200. The van der Waals surface area contributed by atoms with Crippen LogP contribution in [0.3, 0.4) is 0 Å². The third-order valence-corrected chi connectivity index (χ3v) is 2.66. The molecule has 1 rings (SSSR count). The number of hydrogen-bond acceptors (Lipinski definition) is 4. The number of benzene rings is 1. The fourth-order valence-corrected chi connectivity index (χ4v) is 1.81. The van der Waals surface area contributed by atoms with E-state index in [2.05, 4.69) is 4.74 Å². The summed E-state index contributed by atoms with van der Waals surface area (Å²) >= 11 is 1.97. The van der Waals surface area contributed by atoms with Crippen LogP contribution in [-0.4, -0.2) is 20.2 Å². The molecule has 4 nitrogen and oxygen atoms in total. The Morgan fingerprint density at radius 2 is 2.13 bits per heavy atom. The van der Waals surface area contributed by atoms with Crippen LogP contribution >= 0.6 is 22.6 Å². The van der Waals surface area contributed by atoms with Crippen LogP contribution in [0, 0.1) is 14.9 Å². The number of methoxy groups -OCH3 is 2. The van der Waals surface area contributed by atoms with Crippen molar-refractivity contribution in [1.29, 1.82) is 5.26 Å². The zero-order valence-electron chi connectivity index (χ0n) is 8.20. The monoisotopic (exact) mass is 317 g/mol. The Labute approximate surface area is 101 Å². The maximum absolute atomic E-state index is 11.3. The van der Waals surface area contributed by atoms with Gasteiger partial charge in [-0.2, -0.15) is 5.26 Å². The second-order valence-corrected chi connectivity index (χ2v) is 3.80. The topological polar surface area (TPSA) is 59.3 Å². The van der Waals surface area contributed by atoms with Gasteiger partial charge < -0.3 is 9.47 Å². The van der Waals surface area contributed by atoms with Crippen molar-refractivity contribution in [3.8, 4) is 11.8 Å². The molecule has 1 aromatic rings. The SMILES string of the molecule is COC(=O)c1cc(I)c(C#N)c(OC)c1. The summed E-state index contributed by atoms with van der Waals surface area (Å²) in [6, 6.07) is 5.10. The minimum Gasteiger partial charge on any atom is -0.495 e. The lowest BCUT2D eigenvalue weighted by Gasteiger charge is -2.07. The molecule has 0 spiro atoms. The summed E-state index contributed by atoms with van der Waals surface area (Å²) in [5.41, 5.74) is 0.795. The first-order valence-corrected chi connectivity index (χ1v) is 5.07. The number of nitriles is 1. The van der Waals surface area contributed by atoms with Crippen molar-refractivity contribution >= 4 is 28.6 Å². The van der Waals surface area contributed by atoms with Crippen LogP contribution in [0.15, 0.2) is 12.1 Å². The normalized spacial score (nSPS) is 9.20. The van der Waals surface area contributed by atoms with Crippen LogP contribution in [0.25, 0.3) is 0 Å². The van der Waals surface area contributed by atoms with Crippen LogP contribution in [0.1, 0.15) is 15.9 Å². The van der Waals surface area contributed by atoms with Gasteiger partial charge in [-0.15, -0.1) is 0 Å². The van der Waals surface area contributed by atoms with Crippen molar-refractivity contribution in [2.45, 2.75) is 0 Å². The van der Waals surface area contributed by atoms with Crippen molar-refractivity contribution in [2.75, 3.05) is 14.2 Å². The zero-order chi connectivity index (χ0) is 11.4. The van der Waals surface area contributed by atoms with Gasteiger partial charge in [0.15, 0.2) is 0 Å². The van der Waals surface area contributed by atoms with E-state index in [0.29, 0.717) is 20.4 Å². The molecule has 0 aromatic heterocycles. The molecule has 0 fully saturated rings. The van der Waals surface area contributed by atoms with Gasteiger partial charge >= 0.3 is 5.97 Å². The molecule has 0 saturated heterocycles. The molecule has 78 valence electrons. The molecule has 0 saturated carbocycles. The molecule has 0 aliphatic rings. The maximum atomic E-state index is 11.3. The number of esters is 1. The van der Waals surface area contributed by atoms with E-state index in [4.69, 9.17) is 10.00 Å². The first-order valence-electron chi connectivity index (χ1n) is 4.00. The summed E-state index contributed by atoms with van der Waals surface area (Å²) in [7, 11) is 2.76. The number of nitrogens with zero attached hydrogens (tertiary/aromatic N) is 1. The summed E-state index contributed by atoms with van der Waals surface area (Å²) < 4.78 is 10.3. The molecule has 0 amide bonds. The lowest BCUT2D eigenvalue weighted by molar-refractivity contribution is 0.0600. The van der Waals surface area contributed by atoms with E-state index >= 15 is 0 Å². The van der Waals surface area contributed by atoms with Gasteiger partial charge in [0.2, 0.25) is 0 Å². The van der Waals surface area contributed by atoms with Gasteiger partial charge in [-0.1, -0.05) is 0 Å². The largest absolute Gasteiger partial charge is 0.495 e. The lowest BCUT2D eigenvalue weighted by atomic mass is 10.1. The molecule has 5 heteroatoms. The van der Waals surface area contributed by atoms with Gasteiger partial charge in [0.1, 0.15) is 17.4 Å². The Morgan fingerprint density at radius 1 is 1.47 bits per heavy atom. The highest BCUT2D eigenvalue weighted by Crippen LogP contribution is 2.25. The Balaban J connectivity index is 3.33. The Hall–Kier alpha value is -1.29. The molecular formula is C10H8INO3. The van der Waals surface area contributed by atoms with E-state index in [0.717, 1.165) is 0 Å². The van der Waals surface area contributed by atoms with Crippen LogP contribution < -0.4 is 4.74 Å². The number of halogens is 1. The van der Waals surface area contributed by atoms with E-state index in [1.54, 1.807) is 6.07 Å². The number of ether oxygens (including phenoxy) is 2. The summed E-state index contributed by atoms with van der Waals surface area (Å²) in [6.07, 6.45) is 0.